The highest BCUT2D eigenvalue weighted by atomic mass is 32.2. The molecule has 1 N–H and O–H groups in total. The zero-order chi connectivity index (χ0) is 26.1. The summed E-state index contributed by atoms with van der Waals surface area (Å²) in [5.74, 6) is 0.561. The number of methoxy groups -OCH3 is 1. The lowest BCUT2D eigenvalue weighted by Crippen LogP contribution is -2.50. The number of piperazine rings is 1. The minimum atomic E-state index is -3.74. The average molecular weight is 520 g/mol. The summed E-state index contributed by atoms with van der Waals surface area (Å²) in [5, 5.41) is 0. The molecule has 1 saturated heterocycles. The number of hydrogen-bond acceptors (Lipinski definition) is 5. The number of nitrogens with zero attached hydrogens (tertiary/aromatic N) is 2. The van der Waals surface area contributed by atoms with Gasteiger partial charge in [0.05, 0.1) is 17.7 Å². The third-order valence-corrected chi connectivity index (χ3v) is 8.22. The van der Waals surface area contributed by atoms with E-state index in [4.69, 9.17) is 4.74 Å². The number of amides is 1. The van der Waals surface area contributed by atoms with Crippen LogP contribution in [0.4, 0.5) is 10.1 Å². The second-order valence-corrected chi connectivity index (χ2v) is 10.9. The predicted molar refractivity (Wildman–Crippen MR) is 140 cm³/mol. The van der Waals surface area contributed by atoms with Crippen LogP contribution in [0.5, 0.6) is 5.75 Å². The van der Waals surface area contributed by atoms with Crippen LogP contribution in [0, 0.1) is 11.7 Å². The molecule has 0 saturated carbocycles. The molecule has 1 heterocycles. The van der Waals surface area contributed by atoms with Gasteiger partial charge in [-0.25, -0.2) is 17.5 Å². The highest BCUT2D eigenvalue weighted by Gasteiger charge is 2.28. The van der Waals surface area contributed by atoms with Crippen LogP contribution in [0.25, 0.3) is 0 Å². The number of benzene rings is 2. The molecule has 0 radical (unpaired) electrons. The van der Waals surface area contributed by atoms with Crippen molar-refractivity contribution >= 4 is 21.6 Å². The maximum absolute atomic E-state index is 13.1. The first-order valence-corrected chi connectivity index (χ1v) is 14.2. The molecule has 7 nitrogen and oxygen atoms in total. The van der Waals surface area contributed by atoms with Crippen molar-refractivity contribution < 1.29 is 22.3 Å². The number of halogens is 1. The van der Waals surface area contributed by atoms with Gasteiger partial charge in [-0.05, 0) is 55.2 Å². The molecule has 1 amide bonds. The number of ether oxygens (including phenoxy) is 1. The van der Waals surface area contributed by atoms with Gasteiger partial charge in [-0.2, -0.15) is 0 Å². The Kier molecular flexibility index (Phi) is 10.1. The average Bonchev–Trinajstić information content (AvgIpc) is 2.89. The Labute approximate surface area is 214 Å². The maximum Gasteiger partial charge on any atom is 0.240 e. The van der Waals surface area contributed by atoms with Gasteiger partial charge < -0.3 is 14.5 Å². The van der Waals surface area contributed by atoms with Crippen LogP contribution >= 0.6 is 0 Å². The molecular weight excluding hydrogens is 481 g/mol. The monoisotopic (exact) mass is 519 g/mol. The van der Waals surface area contributed by atoms with Crippen molar-refractivity contribution in [1.82, 2.24) is 9.62 Å². The van der Waals surface area contributed by atoms with Crippen molar-refractivity contribution in [1.29, 1.82) is 0 Å². The highest BCUT2D eigenvalue weighted by Crippen LogP contribution is 2.32. The highest BCUT2D eigenvalue weighted by molar-refractivity contribution is 7.89. The van der Waals surface area contributed by atoms with Gasteiger partial charge in [-0.15, -0.1) is 0 Å². The van der Waals surface area contributed by atoms with Gasteiger partial charge in [-0.1, -0.05) is 38.8 Å². The van der Waals surface area contributed by atoms with Crippen LogP contribution in [-0.2, 0) is 21.2 Å². The minimum Gasteiger partial charge on any atom is -0.495 e. The van der Waals surface area contributed by atoms with Gasteiger partial charge in [0.15, 0.2) is 0 Å². The van der Waals surface area contributed by atoms with Gasteiger partial charge in [0.2, 0.25) is 15.9 Å². The molecule has 1 unspecified atom stereocenters. The summed E-state index contributed by atoms with van der Waals surface area (Å²) in [4.78, 5) is 17.1. The van der Waals surface area contributed by atoms with Crippen LogP contribution in [0.1, 0.15) is 45.1 Å². The molecule has 2 aromatic carbocycles. The summed E-state index contributed by atoms with van der Waals surface area (Å²) in [5.41, 5.74) is 1.55. The summed E-state index contributed by atoms with van der Waals surface area (Å²) in [7, 11) is -2.18. The molecule has 0 bridgehead atoms. The van der Waals surface area contributed by atoms with E-state index in [9.17, 15) is 17.6 Å². The van der Waals surface area contributed by atoms with Crippen LogP contribution in [0.15, 0.2) is 47.4 Å². The molecule has 3 rings (SSSR count). The van der Waals surface area contributed by atoms with E-state index in [2.05, 4.69) is 23.5 Å². The number of carbonyl (C=O) groups is 1. The van der Waals surface area contributed by atoms with Crippen molar-refractivity contribution in [3.8, 4) is 5.75 Å². The number of carbonyl (C=O) groups excluding carboxylic acids is 1. The first kappa shape index (κ1) is 27.9. The number of nitrogens with one attached hydrogen (secondary N) is 1. The quantitative estimate of drug-likeness (QED) is 0.454. The third-order valence-electron chi connectivity index (χ3n) is 6.76. The smallest absolute Gasteiger partial charge is 0.240 e. The van der Waals surface area contributed by atoms with Gasteiger partial charge in [0.1, 0.15) is 11.6 Å². The fourth-order valence-electron chi connectivity index (χ4n) is 4.53. The van der Waals surface area contributed by atoms with E-state index in [0.29, 0.717) is 44.0 Å². The van der Waals surface area contributed by atoms with Gasteiger partial charge in [-0.3, -0.25) is 4.79 Å². The third kappa shape index (κ3) is 7.20. The molecular formula is C27H38FN3O4S. The molecule has 0 spiro atoms. The van der Waals surface area contributed by atoms with E-state index >= 15 is 0 Å². The lowest BCUT2D eigenvalue weighted by Gasteiger charge is -2.38. The lowest BCUT2D eigenvalue weighted by molar-refractivity contribution is -0.136. The summed E-state index contributed by atoms with van der Waals surface area (Å²) in [6, 6.07) is 10.8. The lowest BCUT2D eigenvalue weighted by atomic mass is 9.97. The maximum atomic E-state index is 13.1. The Morgan fingerprint density at radius 3 is 2.39 bits per heavy atom. The largest absolute Gasteiger partial charge is 0.495 e. The first-order valence-electron chi connectivity index (χ1n) is 12.7. The summed E-state index contributed by atoms with van der Waals surface area (Å²) in [6.45, 7) is 6.81. The van der Waals surface area contributed by atoms with Crippen molar-refractivity contribution in [3.05, 3.63) is 53.8 Å². The molecule has 1 aliphatic rings. The van der Waals surface area contributed by atoms with E-state index in [1.165, 1.54) is 18.2 Å². The van der Waals surface area contributed by atoms with E-state index < -0.39 is 10.0 Å². The van der Waals surface area contributed by atoms with Crippen LogP contribution in [-0.4, -0.2) is 59.1 Å². The van der Waals surface area contributed by atoms with E-state index in [1.54, 1.807) is 31.4 Å². The fraction of sp³-hybridized carbons (Fsp3) is 0.519. The minimum absolute atomic E-state index is 0.0699. The second kappa shape index (κ2) is 13.1. The number of hydrogen-bond donors (Lipinski definition) is 1. The molecule has 9 heteroatoms. The molecule has 2 aromatic rings. The van der Waals surface area contributed by atoms with E-state index in [0.717, 1.165) is 31.2 Å². The molecule has 0 aliphatic carbocycles. The Morgan fingerprint density at radius 1 is 1.08 bits per heavy atom. The summed E-state index contributed by atoms with van der Waals surface area (Å²) in [6.07, 6.45) is 4.36. The van der Waals surface area contributed by atoms with Crippen molar-refractivity contribution in [2.24, 2.45) is 5.92 Å². The second-order valence-electron chi connectivity index (χ2n) is 9.17. The van der Waals surface area contributed by atoms with Crippen LogP contribution in [0.3, 0.4) is 0 Å². The first-order chi connectivity index (χ1) is 17.3. The van der Waals surface area contributed by atoms with Gasteiger partial charge in [0.25, 0.3) is 0 Å². The van der Waals surface area contributed by atoms with Crippen molar-refractivity contribution in [2.75, 3.05) is 44.7 Å². The number of unbranched alkanes of at least 4 members (excludes halogenated alkanes) is 1. The van der Waals surface area contributed by atoms with E-state index in [1.807, 2.05) is 4.90 Å². The van der Waals surface area contributed by atoms with Crippen LogP contribution < -0.4 is 14.4 Å². The Morgan fingerprint density at radius 2 is 1.78 bits per heavy atom. The molecule has 1 atom stereocenters. The zero-order valence-corrected chi connectivity index (χ0v) is 22.3. The Bertz CT molecular complexity index is 1100. The molecule has 1 fully saturated rings. The molecule has 0 aromatic heterocycles. The van der Waals surface area contributed by atoms with Crippen molar-refractivity contribution in [3.63, 3.8) is 0 Å². The molecule has 1 aliphatic heterocycles. The summed E-state index contributed by atoms with van der Waals surface area (Å²) >= 11 is 0. The Hall–Kier alpha value is -2.65. The zero-order valence-electron chi connectivity index (χ0n) is 21.5. The SMILES string of the molecule is CCCCC(CC)C(=O)N1CCN(c2cc(S(=O)(=O)NCCc3ccc(F)cc3)ccc2OC)CC1. The van der Waals surface area contributed by atoms with Crippen molar-refractivity contribution in [2.45, 2.75) is 50.8 Å². The number of rotatable bonds is 12. The number of sulfonamides is 1. The fourth-order valence-corrected chi connectivity index (χ4v) is 5.58. The normalized spacial score (nSPS) is 15.1. The van der Waals surface area contributed by atoms with Crippen LogP contribution in [0.2, 0.25) is 0 Å². The molecule has 198 valence electrons. The Balaban J connectivity index is 1.65. The molecule has 36 heavy (non-hydrogen) atoms. The van der Waals surface area contributed by atoms with Gasteiger partial charge >= 0.3 is 0 Å². The predicted octanol–water partition coefficient (Wildman–Crippen LogP) is 4.22. The number of anilines is 1. The summed E-state index contributed by atoms with van der Waals surface area (Å²) < 4.78 is 47.2. The topological polar surface area (TPSA) is 79.0 Å². The van der Waals surface area contributed by atoms with Gasteiger partial charge in [0, 0.05) is 38.6 Å². The van der Waals surface area contributed by atoms with E-state index in [-0.39, 0.29) is 29.1 Å². The standard InChI is InChI=1S/C27H38FN3O4S/c1-4-6-7-22(5-2)27(32)31-18-16-30(17-19-31)25-20-24(12-13-26(25)35-3)36(33,34)29-15-14-21-8-10-23(28)11-9-21/h8-13,20,22,29H,4-7,14-19H2,1-3H3.